The lowest BCUT2D eigenvalue weighted by molar-refractivity contribution is 0.301. The van der Waals surface area contributed by atoms with Crippen LogP contribution in [0.2, 0.25) is 20.1 Å². The Morgan fingerprint density at radius 1 is 0.682 bits per heavy atom. The maximum atomic E-state index is 9.74. The van der Waals surface area contributed by atoms with Gasteiger partial charge in [-0.15, -0.1) is 0 Å². The molecule has 0 aromatic heterocycles. The second-order valence-electron chi connectivity index (χ2n) is 5.51. The Kier molecular flexibility index (Phi) is 4.15. The summed E-state index contributed by atoms with van der Waals surface area (Å²) >= 11 is 24.2. The summed E-state index contributed by atoms with van der Waals surface area (Å²) in [6, 6.07) is 6.88. The number of benzene rings is 2. The van der Waals surface area contributed by atoms with Gasteiger partial charge in [-0.2, -0.15) is 0 Å². The van der Waals surface area contributed by atoms with Crippen molar-refractivity contribution in [2.75, 3.05) is 0 Å². The Balaban J connectivity index is 2.18. The van der Waals surface area contributed by atoms with E-state index in [1.165, 1.54) is 0 Å². The maximum Gasteiger partial charge on any atom is 0.152 e. The zero-order valence-corrected chi connectivity index (χ0v) is 14.4. The fourth-order valence-electron chi connectivity index (χ4n) is 2.96. The molecule has 116 valence electrons. The van der Waals surface area contributed by atoms with E-state index in [0.29, 0.717) is 0 Å². The molecule has 2 aromatic carbocycles. The lowest BCUT2D eigenvalue weighted by atomic mass is 9.60. The van der Waals surface area contributed by atoms with Crippen LogP contribution < -0.4 is 0 Å². The number of aromatic hydroxyl groups is 2. The Morgan fingerprint density at radius 2 is 1.00 bits per heavy atom. The van der Waals surface area contributed by atoms with Gasteiger partial charge in [-0.05, 0) is 48.2 Å². The van der Waals surface area contributed by atoms with E-state index in [-0.39, 0.29) is 37.0 Å². The van der Waals surface area contributed by atoms with Gasteiger partial charge in [-0.25, -0.2) is 0 Å². The summed E-state index contributed by atoms with van der Waals surface area (Å²) in [6.07, 6.45) is 2.83. The molecule has 6 heteroatoms. The summed E-state index contributed by atoms with van der Waals surface area (Å²) < 4.78 is 0. The lowest BCUT2D eigenvalue weighted by Gasteiger charge is -2.43. The molecular formula is C16H12Cl4O2. The molecule has 1 fully saturated rings. The van der Waals surface area contributed by atoms with E-state index in [0.717, 1.165) is 30.4 Å². The van der Waals surface area contributed by atoms with Gasteiger partial charge in [0.15, 0.2) is 11.5 Å². The molecule has 0 unspecified atom stereocenters. The zero-order chi connectivity index (χ0) is 16.1. The number of phenolic OH excluding ortho intramolecular Hbond substituents is 2. The van der Waals surface area contributed by atoms with Gasteiger partial charge in [0.2, 0.25) is 0 Å². The third-order valence-electron chi connectivity index (χ3n) is 4.35. The zero-order valence-electron chi connectivity index (χ0n) is 11.3. The third kappa shape index (κ3) is 2.43. The van der Waals surface area contributed by atoms with E-state index in [1.54, 1.807) is 24.3 Å². The van der Waals surface area contributed by atoms with Crippen LogP contribution >= 0.6 is 46.4 Å². The van der Waals surface area contributed by atoms with E-state index >= 15 is 0 Å². The predicted octanol–water partition coefficient (Wildman–Crippen LogP) is 6.18. The van der Waals surface area contributed by atoms with Gasteiger partial charge >= 0.3 is 0 Å². The van der Waals surface area contributed by atoms with Crippen molar-refractivity contribution in [3.8, 4) is 11.5 Å². The molecule has 1 saturated carbocycles. The fourth-order valence-corrected chi connectivity index (χ4v) is 3.93. The Bertz CT molecular complexity index is 648. The second kappa shape index (κ2) is 5.68. The first-order valence-corrected chi connectivity index (χ1v) is 8.23. The van der Waals surface area contributed by atoms with Crippen LogP contribution in [0.5, 0.6) is 11.5 Å². The molecule has 0 atom stereocenters. The van der Waals surface area contributed by atoms with Crippen molar-refractivity contribution >= 4 is 46.4 Å². The van der Waals surface area contributed by atoms with Crippen molar-refractivity contribution < 1.29 is 10.2 Å². The van der Waals surface area contributed by atoms with Crippen LogP contribution in [0, 0.1) is 0 Å². The molecule has 22 heavy (non-hydrogen) atoms. The number of halogens is 4. The molecule has 0 heterocycles. The van der Waals surface area contributed by atoms with Gasteiger partial charge < -0.3 is 10.2 Å². The molecule has 1 aliphatic rings. The molecule has 2 nitrogen and oxygen atoms in total. The van der Waals surface area contributed by atoms with Gasteiger partial charge in [-0.3, -0.25) is 0 Å². The predicted molar refractivity (Wildman–Crippen MR) is 90.9 cm³/mol. The highest BCUT2D eigenvalue weighted by Gasteiger charge is 2.41. The molecule has 0 amide bonds. The Morgan fingerprint density at radius 3 is 1.23 bits per heavy atom. The van der Waals surface area contributed by atoms with Crippen molar-refractivity contribution in [3.63, 3.8) is 0 Å². The summed E-state index contributed by atoms with van der Waals surface area (Å²) in [4.78, 5) is 0. The summed E-state index contributed by atoms with van der Waals surface area (Å²) in [5.74, 6) is -0.244. The molecule has 2 aromatic rings. The van der Waals surface area contributed by atoms with Gasteiger partial charge in [0, 0.05) is 5.41 Å². The molecular weight excluding hydrogens is 366 g/mol. The number of hydrogen-bond acceptors (Lipinski definition) is 2. The average Bonchev–Trinajstić information content (AvgIpc) is 2.40. The molecule has 0 aliphatic heterocycles. The first-order chi connectivity index (χ1) is 10.3. The maximum absolute atomic E-state index is 9.74. The lowest BCUT2D eigenvalue weighted by Crippen LogP contribution is -2.35. The summed E-state index contributed by atoms with van der Waals surface area (Å²) in [5.41, 5.74) is 1.51. The number of hydrogen-bond donors (Lipinski definition) is 2. The fraction of sp³-hybridized carbons (Fsp3) is 0.250. The van der Waals surface area contributed by atoms with Crippen LogP contribution in [0.25, 0.3) is 0 Å². The topological polar surface area (TPSA) is 40.5 Å². The van der Waals surface area contributed by atoms with Crippen molar-refractivity contribution in [2.45, 2.75) is 24.7 Å². The normalized spacial score (nSPS) is 16.4. The Labute approximate surface area is 148 Å². The minimum Gasteiger partial charge on any atom is -0.505 e. The van der Waals surface area contributed by atoms with E-state index in [1.807, 2.05) is 0 Å². The van der Waals surface area contributed by atoms with Crippen molar-refractivity contribution in [3.05, 3.63) is 55.5 Å². The van der Waals surface area contributed by atoms with Crippen LogP contribution in [-0.2, 0) is 5.41 Å². The molecule has 3 rings (SSSR count). The first-order valence-electron chi connectivity index (χ1n) is 6.72. The molecule has 0 bridgehead atoms. The first kappa shape index (κ1) is 16.1. The van der Waals surface area contributed by atoms with E-state index < -0.39 is 0 Å². The Hall–Kier alpha value is -0.800. The van der Waals surface area contributed by atoms with Gasteiger partial charge in [0.05, 0.1) is 20.1 Å². The van der Waals surface area contributed by atoms with E-state index in [4.69, 9.17) is 46.4 Å². The van der Waals surface area contributed by atoms with Crippen LogP contribution in [0.1, 0.15) is 30.4 Å². The molecule has 0 saturated heterocycles. The number of rotatable bonds is 2. The summed E-state index contributed by atoms with van der Waals surface area (Å²) in [7, 11) is 0. The van der Waals surface area contributed by atoms with Crippen molar-refractivity contribution in [1.82, 2.24) is 0 Å². The molecule has 1 aliphatic carbocycles. The monoisotopic (exact) mass is 376 g/mol. The minimum atomic E-state index is -0.304. The smallest absolute Gasteiger partial charge is 0.152 e. The van der Waals surface area contributed by atoms with Gasteiger partial charge in [-0.1, -0.05) is 52.8 Å². The molecule has 0 spiro atoms. The van der Waals surface area contributed by atoms with Crippen LogP contribution in [0.15, 0.2) is 24.3 Å². The van der Waals surface area contributed by atoms with Gasteiger partial charge in [0.1, 0.15) is 0 Å². The summed E-state index contributed by atoms with van der Waals surface area (Å²) in [5, 5.41) is 20.3. The van der Waals surface area contributed by atoms with Gasteiger partial charge in [0.25, 0.3) is 0 Å². The molecule has 2 N–H and O–H groups in total. The second-order valence-corrected chi connectivity index (χ2v) is 7.14. The van der Waals surface area contributed by atoms with E-state index in [9.17, 15) is 10.2 Å². The highest BCUT2D eigenvalue weighted by Crippen LogP contribution is 2.52. The SMILES string of the molecule is Oc1c(Cl)cc(C2(c3cc(Cl)c(O)c(Cl)c3)CCC2)cc1Cl. The molecule has 0 radical (unpaired) electrons. The quantitative estimate of drug-likeness (QED) is 0.655. The van der Waals surface area contributed by atoms with Crippen molar-refractivity contribution in [2.24, 2.45) is 0 Å². The van der Waals surface area contributed by atoms with Crippen LogP contribution in [0.3, 0.4) is 0 Å². The third-order valence-corrected chi connectivity index (χ3v) is 5.50. The number of phenols is 2. The van der Waals surface area contributed by atoms with Crippen LogP contribution in [0.4, 0.5) is 0 Å². The summed E-state index contributed by atoms with van der Waals surface area (Å²) in [6.45, 7) is 0. The van der Waals surface area contributed by atoms with Crippen molar-refractivity contribution in [1.29, 1.82) is 0 Å². The highest BCUT2D eigenvalue weighted by atomic mass is 35.5. The average molecular weight is 378 g/mol. The van der Waals surface area contributed by atoms with Crippen LogP contribution in [-0.4, -0.2) is 10.2 Å². The largest absolute Gasteiger partial charge is 0.505 e. The standard InChI is InChI=1S/C16H12Cl4O2/c17-10-4-8(5-11(18)14(10)21)16(2-1-3-16)9-6-12(19)15(22)13(20)7-9/h4-7,21-22H,1-3H2. The minimum absolute atomic E-state index is 0.122. The van der Waals surface area contributed by atoms with E-state index in [2.05, 4.69) is 0 Å². The highest BCUT2D eigenvalue weighted by molar-refractivity contribution is 6.37.